The summed E-state index contributed by atoms with van der Waals surface area (Å²) < 4.78 is 1.55. The molecule has 7 heteroatoms. The molecule has 1 heterocycles. The molecule has 0 aliphatic rings. The van der Waals surface area contributed by atoms with Crippen molar-refractivity contribution in [1.29, 1.82) is 0 Å². The van der Waals surface area contributed by atoms with Crippen molar-refractivity contribution in [2.24, 2.45) is 5.92 Å². The summed E-state index contributed by atoms with van der Waals surface area (Å²) in [4.78, 5) is 24.7. The molecule has 0 radical (unpaired) electrons. The molecule has 0 atom stereocenters. The summed E-state index contributed by atoms with van der Waals surface area (Å²) in [6.07, 6.45) is 0.462. The van der Waals surface area contributed by atoms with Gasteiger partial charge in [-0.2, -0.15) is 5.10 Å². The fourth-order valence-corrected chi connectivity index (χ4v) is 3.47. The minimum Gasteiger partial charge on any atom is -0.348 e. The number of para-hydroxylation sites is 1. The van der Waals surface area contributed by atoms with Gasteiger partial charge in [0.05, 0.1) is 16.9 Å². The smallest absolute Gasteiger partial charge is 0.256 e. The third kappa shape index (κ3) is 5.27. The average Bonchev–Trinajstić information content (AvgIpc) is 3.00. The molecular weight excluding hydrogens is 400 g/mol. The van der Waals surface area contributed by atoms with E-state index in [2.05, 4.69) is 15.7 Å². The Kier molecular flexibility index (Phi) is 6.90. The van der Waals surface area contributed by atoms with Crippen LogP contribution in [0.15, 0.2) is 54.6 Å². The molecule has 0 saturated heterocycles. The maximum atomic E-state index is 12.8. The highest BCUT2D eigenvalue weighted by molar-refractivity contribution is 6.33. The lowest BCUT2D eigenvalue weighted by Crippen LogP contribution is -2.23. The van der Waals surface area contributed by atoms with E-state index in [1.807, 2.05) is 68.4 Å². The van der Waals surface area contributed by atoms with Gasteiger partial charge in [0.15, 0.2) is 0 Å². The van der Waals surface area contributed by atoms with E-state index in [1.54, 1.807) is 11.6 Å². The van der Waals surface area contributed by atoms with Gasteiger partial charge in [-0.3, -0.25) is 9.59 Å². The topological polar surface area (TPSA) is 76.0 Å². The lowest BCUT2D eigenvalue weighted by atomic mass is 10.1. The molecule has 0 fully saturated rings. The fraction of sp³-hybridized carbons (Fsp3) is 0.261. The van der Waals surface area contributed by atoms with E-state index in [0.29, 0.717) is 29.9 Å². The number of nitrogens with one attached hydrogen (secondary N) is 2. The first-order valence-electron chi connectivity index (χ1n) is 9.82. The molecule has 3 aromatic rings. The quantitative estimate of drug-likeness (QED) is 0.574. The normalized spacial score (nSPS) is 10.8. The Morgan fingerprint density at radius 3 is 2.53 bits per heavy atom. The lowest BCUT2D eigenvalue weighted by molar-refractivity contribution is -0.116. The molecule has 0 aliphatic carbocycles. The van der Waals surface area contributed by atoms with E-state index in [4.69, 9.17) is 11.6 Å². The second kappa shape index (κ2) is 9.59. The van der Waals surface area contributed by atoms with Gasteiger partial charge in [0.2, 0.25) is 5.91 Å². The largest absolute Gasteiger partial charge is 0.348 e. The van der Waals surface area contributed by atoms with Crippen LogP contribution >= 0.6 is 11.6 Å². The van der Waals surface area contributed by atoms with Gasteiger partial charge in [-0.15, -0.1) is 0 Å². The summed E-state index contributed by atoms with van der Waals surface area (Å²) in [7, 11) is 0. The van der Waals surface area contributed by atoms with Gasteiger partial charge < -0.3 is 10.6 Å². The number of carbonyl (C=O) groups excluding carboxylic acids is 2. The summed E-state index contributed by atoms with van der Waals surface area (Å²) in [6.45, 7) is 6.06. The molecule has 2 aromatic carbocycles. The van der Waals surface area contributed by atoms with Crippen LogP contribution in [0.25, 0.3) is 5.69 Å². The molecule has 0 aliphatic heterocycles. The van der Waals surface area contributed by atoms with E-state index < -0.39 is 0 Å². The number of carbonyl (C=O) groups is 2. The number of hydrogen-bond acceptors (Lipinski definition) is 3. The van der Waals surface area contributed by atoms with Gasteiger partial charge >= 0.3 is 0 Å². The van der Waals surface area contributed by atoms with Crippen molar-refractivity contribution in [2.45, 2.75) is 33.7 Å². The molecule has 6 nitrogen and oxygen atoms in total. The highest BCUT2D eigenvalue weighted by atomic mass is 35.5. The van der Waals surface area contributed by atoms with Crippen LogP contribution in [0.2, 0.25) is 5.15 Å². The Labute approximate surface area is 181 Å². The summed E-state index contributed by atoms with van der Waals surface area (Å²) in [5.74, 6) is -0.0342. The van der Waals surface area contributed by atoms with E-state index in [0.717, 1.165) is 11.3 Å². The first kappa shape index (κ1) is 21.6. The van der Waals surface area contributed by atoms with Gasteiger partial charge in [-0.25, -0.2) is 4.68 Å². The van der Waals surface area contributed by atoms with Crippen LogP contribution in [0.4, 0.5) is 5.69 Å². The molecule has 2 amide bonds. The molecular formula is C23H25ClN4O2. The van der Waals surface area contributed by atoms with Crippen LogP contribution < -0.4 is 10.6 Å². The average molecular weight is 425 g/mol. The second-order valence-electron chi connectivity index (χ2n) is 7.53. The third-order valence-electron chi connectivity index (χ3n) is 4.49. The maximum absolute atomic E-state index is 12.8. The van der Waals surface area contributed by atoms with Crippen molar-refractivity contribution in [3.8, 4) is 5.69 Å². The molecule has 0 spiro atoms. The lowest BCUT2D eigenvalue weighted by Gasteiger charge is -2.10. The Morgan fingerprint density at radius 2 is 1.83 bits per heavy atom. The number of benzene rings is 2. The molecule has 0 saturated carbocycles. The van der Waals surface area contributed by atoms with E-state index in [9.17, 15) is 9.59 Å². The van der Waals surface area contributed by atoms with Gasteiger partial charge in [0.25, 0.3) is 5.91 Å². The van der Waals surface area contributed by atoms with Crippen molar-refractivity contribution in [3.63, 3.8) is 0 Å². The van der Waals surface area contributed by atoms with Crippen molar-refractivity contribution >= 4 is 29.1 Å². The van der Waals surface area contributed by atoms with E-state index in [1.165, 1.54) is 0 Å². The number of aryl methyl sites for hydroxylation is 1. The Morgan fingerprint density at radius 1 is 1.10 bits per heavy atom. The van der Waals surface area contributed by atoms with Crippen molar-refractivity contribution < 1.29 is 9.59 Å². The predicted molar refractivity (Wildman–Crippen MR) is 119 cm³/mol. The second-order valence-corrected chi connectivity index (χ2v) is 7.89. The highest BCUT2D eigenvalue weighted by Gasteiger charge is 2.21. The third-order valence-corrected chi connectivity index (χ3v) is 4.84. The standard InChI is InChI=1S/C23H25ClN4O2/c1-15(2)12-20(29)26-18-9-7-8-17(13-18)14-25-23(30)21-16(3)27-28(22(21)24)19-10-5-4-6-11-19/h4-11,13,15H,12,14H2,1-3H3,(H,25,30)(H,26,29). The van der Waals surface area contributed by atoms with Crippen molar-refractivity contribution in [1.82, 2.24) is 15.1 Å². The van der Waals surface area contributed by atoms with Crippen molar-refractivity contribution in [3.05, 3.63) is 76.6 Å². The number of nitrogens with zero attached hydrogens (tertiary/aromatic N) is 2. The van der Waals surface area contributed by atoms with Crippen LogP contribution in [-0.4, -0.2) is 21.6 Å². The first-order valence-corrected chi connectivity index (χ1v) is 10.2. The SMILES string of the molecule is Cc1nn(-c2ccccc2)c(Cl)c1C(=O)NCc1cccc(NC(=O)CC(C)C)c1. The monoisotopic (exact) mass is 424 g/mol. The number of aromatic nitrogens is 2. The number of rotatable bonds is 7. The molecule has 0 unspecified atom stereocenters. The maximum Gasteiger partial charge on any atom is 0.256 e. The van der Waals surface area contributed by atoms with Crippen LogP contribution in [0.5, 0.6) is 0 Å². The van der Waals surface area contributed by atoms with Gasteiger partial charge in [0.1, 0.15) is 5.15 Å². The van der Waals surface area contributed by atoms with E-state index >= 15 is 0 Å². The zero-order chi connectivity index (χ0) is 21.7. The molecule has 3 rings (SSSR count). The molecule has 1 aromatic heterocycles. The summed E-state index contributed by atoms with van der Waals surface area (Å²) in [6, 6.07) is 16.8. The van der Waals surface area contributed by atoms with Gasteiger partial charge in [-0.05, 0) is 42.7 Å². The summed E-state index contributed by atoms with van der Waals surface area (Å²) in [5.41, 5.74) is 3.26. The van der Waals surface area contributed by atoms with Gasteiger partial charge in [0, 0.05) is 18.7 Å². The highest BCUT2D eigenvalue weighted by Crippen LogP contribution is 2.23. The van der Waals surface area contributed by atoms with Crippen LogP contribution in [0, 0.1) is 12.8 Å². The number of halogens is 1. The summed E-state index contributed by atoms with van der Waals surface area (Å²) in [5, 5.41) is 10.4. The zero-order valence-electron chi connectivity index (χ0n) is 17.3. The Hall–Kier alpha value is -3.12. The first-order chi connectivity index (χ1) is 14.3. The minimum atomic E-state index is -0.297. The summed E-state index contributed by atoms with van der Waals surface area (Å²) >= 11 is 6.46. The number of hydrogen-bond donors (Lipinski definition) is 2. The number of anilines is 1. The molecule has 2 N–H and O–H groups in total. The zero-order valence-corrected chi connectivity index (χ0v) is 18.0. The van der Waals surface area contributed by atoms with Crippen LogP contribution in [0.3, 0.4) is 0 Å². The molecule has 156 valence electrons. The minimum absolute atomic E-state index is 0.0260. The van der Waals surface area contributed by atoms with E-state index in [-0.39, 0.29) is 22.9 Å². The van der Waals surface area contributed by atoms with Gasteiger partial charge in [-0.1, -0.05) is 55.8 Å². The Bertz CT molecular complexity index is 1040. The number of amides is 2. The molecule has 0 bridgehead atoms. The van der Waals surface area contributed by atoms with Crippen LogP contribution in [-0.2, 0) is 11.3 Å². The Balaban J connectivity index is 1.69. The molecule has 30 heavy (non-hydrogen) atoms. The fourth-order valence-electron chi connectivity index (χ4n) is 3.11. The predicted octanol–water partition coefficient (Wildman–Crippen LogP) is 4.75. The van der Waals surface area contributed by atoms with Crippen molar-refractivity contribution in [2.75, 3.05) is 5.32 Å². The van der Waals surface area contributed by atoms with Crippen LogP contribution in [0.1, 0.15) is 41.9 Å².